The van der Waals surface area contributed by atoms with Gasteiger partial charge in [0.25, 0.3) is 0 Å². The molecular weight excluding hydrogens is 444 g/mol. The molecule has 33 heavy (non-hydrogen) atoms. The van der Waals surface area contributed by atoms with Gasteiger partial charge in [-0.15, -0.1) is 0 Å². The third kappa shape index (κ3) is 4.88. The molecule has 0 aliphatic carbocycles. The van der Waals surface area contributed by atoms with Gasteiger partial charge in [-0.3, -0.25) is 9.10 Å². The third-order valence-corrected chi connectivity index (χ3v) is 7.46. The predicted octanol–water partition coefficient (Wildman–Crippen LogP) is 3.42. The second kappa shape index (κ2) is 9.13. The van der Waals surface area contributed by atoms with Crippen LogP contribution in [-0.4, -0.2) is 45.9 Å². The molecule has 1 N–H and O–H groups in total. The molecule has 0 bridgehead atoms. The average Bonchev–Trinajstić information content (AvgIpc) is 2.81. The fourth-order valence-corrected chi connectivity index (χ4v) is 5.24. The number of hydrogen-bond donors (Lipinski definition) is 1. The number of fused-ring (bicyclic) bond motifs is 2. The fourth-order valence-electron chi connectivity index (χ4n) is 4.39. The highest BCUT2D eigenvalue weighted by Crippen LogP contribution is 2.42. The first-order valence-corrected chi connectivity index (χ1v) is 13.0. The summed E-state index contributed by atoms with van der Waals surface area (Å²) in [6.07, 6.45) is 3.30. The molecule has 0 radical (unpaired) electrons. The summed E-state index contributed by atoms with van der Waals surface area (Å²) in [5, 5.41) is 3.05. The first kappa shape index (κ1) is 23.2. The van der Waals surface area contributed by atoms with E-state index in [2.05, 4.69) is 19.2 Å². The van der Waals surface area contributed by atoms with Crippen LogP contribution in [0, 0.1) is 0 Å². The van der Waals surface area contributed by atoms with Crippen molar-refractivity contribution in [1.29, 1.82) is 0 Å². The number of anilines is 1. The standard InChI is InChI=1S/C24H30N2O6S/c1-4-24(5-2)15-19(18-8-6-7-9-20(18)32-24)25-23(27)16-26(33(3,28)29)17-10-11-21-22(14-17)31-13-12-30-21/h6-11,14,19H,4-5,12-13,15-16H2,1-3H3,(H,25,27)/t19-/m1/s1. The fraction of sp³-hybridized carbons (Fsp3) is 0.458. The second-order valence-electron chi connectivity index (χ2n) is 8.45. The molecule has 9 heteroatoms. The number of carbonyl (C=O) groups is 1. The van der Waals surface area contributed by atoms with Gasteiger partial charge in [0.05, 0.1) is 18.0 Å². The van der Waals surface area contributed by atoms with E-state index >= 15 is 0 Å². The van der Waals surface area contributed by atoms with Crippen LogP contribution in [0.15, 0.2) is 42.5 Å². The van der Waals surface area contributed by atoms with E-state index in [1.807, 2.05) is 24.3 Å². The highest BCUT2D eigenvalue weighted by atomic mass is 32.2. The van der Waals surface area contributed by atoms with Crippen molar-refractivity contribution in [3.8, 4) is 17.2 Å². The minimum absolute atomic E-state index is 0.274. The number of ether oxygens (including phenoxy) is 3. The van der Waals surface area contributed by atoms with E-state index in [1.165, 1.54) is 0 Å². The highest BCUT2D eigenvalue weighted by molar-refractivity contribution is 7.92. The molecule has 0 aromatic heterocycles. The SMILES string of the molecule is CCC1(CC)C[C@@H](NC(=O)CN(c2ccc3c(c2)OCCO3)S(C)(=O)=O)c2ccccc2O1. The lowest BCUT2D eigenvalue weighted by atomic mass is 9.83. The molecule has 0 saturated heterocycles. The zero-order valence-corrected chi connectivity index (χ0v) is 20.0. The van der Waals surface area contributed by atoms with Crippen molar-refractivity contribution < 1.29 is 27.4 Å². The Balaban J connectivity index is 1.57. The summed E-state index contributed by atoms with van der Waals surface area (Å²) in [7, 11) is -3.72. The highest BCUT2D eigenvalue weighted by Gasteiger charge is 2.39. The Kier molecular flexibility index (Phi) is 6.43. The summed E-state index contributed by atoms with van der Waals surface area (Å²) < 4.78 is 43.6. The second-order valence-corrected chi connectivity index (χ2v) is 10.4. The van der Waals surface area contributed by atoms with E-state index in [0.29, 0.717) is 36.8 Å². The zero-order chi connectivity index (χ0) is 23.6. The molecule has 2 aliphatic heterocycles. The van der Waals surface area contributed by atoms with Crippen LogP contribution in [0.25, 0.3) is 0 Å². The quantitative estimate of drug-likeness (QED) is 0.661. The Morgan fingerprint density at radius 2 is 1.76 bits per heavy atom. The Morgan fingerprint density at radius 3 is 2.45 bits per heavy atom. The van der Waals surface area contributed by atoms with Crippen molar-refractivity contribution in [2.24, 2.45) is 0 Å². The van der Waals surface area contributed by atoms with E-state index < -0.39 is 15.9 Å². The Labute approximate surface area is 194 Å². The summed E-state index contributed by atoms with van der Waals surface area (Å²) >= 11 is 0. The largest absolute Gasteiger partial charge is 0.487 e. The van der Waals surface area contributed by atoms with Gasteiger partial charge in [0, 0.05) is 18.1 Å². The molecule has 8 nitrogen and oxygen atoms in total. The van der Waals surface area contributed by atoms with Gasteiger partial charge in [-0.1, -0.05) is 32.0 Å². The average molecular weight is 475 g/mol. The number of nitrogens with one attached hydrogen (secondary N) is 1. The van der Waals surface area contributed by atoms with Gasteiger partial charge in [-0.25, -0.2) is 8.42 Å². The maximum Gasteiger partial charge on any atom is 0.241 e. The van der Waals surface area contributed by atoms with Crippen LogP contribution in [0.1, 0.15) is 44.7 Å². The van der Waals surface area contributed by atoms with Crippen LogP contribution in [0.3, 0.4) is 0 Å². The normalized spacial score (nSPS) is 18.6. The van der Waals surface area contributed by atoms with Gasteiger partial charge in [-0.2, -0.15) is 0 Å². The molecular formula is C24H30N2O6S. The number of amides is 1. The molecule has 2 aromatic rings. The smallest absolute Gasteiger partial charge is 0.241 e. The third-order valence-electron chi connectivity index (χ3n) is 6.32. The van der Waals surface area contributed by atoms with Crippen LogP contribution < -0.4 is 23.8 Å². The minimum atomic E-state index is -3.72. The van der Waals surface area contributed by atoms with Gasteiger partial charge in [0.1, 0.15) is 31.1 Å². The van der Waals surface area contributed by atoms with Crippen LogP contribution in [-0.2, 0) is 14.8 Å². The van der Waals surface area contributed by atoms with Crippen molar-refractivity contribution in [3.05, 3.63) is 48.0 Å². The molecule has 4 rings (SSSR count). The van der Waals surface area contributed by atoms with Crippen LogP contribution in [0.4, 0.5) is 5.69 Å². The summed E-state index contributed by atoms with van der Waals surface area (Å²) in [6.45, 7) is 4.63. The van der Waals surface area contributed by atoms with E-state index in [1.54, 1.807) is 18.2 Å². The Hall–Kier alpha value is -2.94. The molecule has 2 aliphatic rings. The lowest BCUT2D eigenvalue weighted by Gasteiger charge is -2.41. The first-order valence-electron chi connectivity index (χ1n) is 11.2. The Morgan fingerprint density at radius 1 is 1.06 bits per heavy atom. The molecule has 178 valence electrons. The van der Waals surface area contributed by atoms with Crippen LogP contribution >= 0.6 is 0 Å². The first-order chi connectivity index (χ1) is 15.7. The van der Waals surface area contributed by atoms with Crippen molar-refractivity contribution in [1.82, 2.24) is 5.32 Å². The summed E-state index contributed by atoms with van der Waals surface area (Å²) in [5.74, 6) is 1.38. The van der Waals surface area contributed by atoms with Crippen molar-refractivity contribution in [3.63, 3.8) is 0 Å². The van der Waals surface area contributed by atoms with Crippen molar-refractivity contribution in [2.75, 3.05) is 30.3 Å². The molecule has 2 aromatic carbocycles. The summed E-state index contributed by atoms with van der Waals surface area (Å²) in [5.41, 5.74) is 0.868. The molecule has 0 saturated carbocycles. The summed E-state index contributed by atoms with van der Waals surface area (Å²) in [6, 6.07) is 12.2. The van der Waals surface area contributed by atoms with Crippen LogP contribution in [0.2, 0.25) is 0 Å². The van der Waals surface area contributed by atoms with E-state index in [0.717, 1.165) is 34.7 Å². The number of benzene rings is 2. The van der Waals surface area contributed by atoms with Crippen molar-refractivity contribution >= 4 is 21.6 Å². The molecule has 0 unspecified atom stereocenters. The van der Waals surface area contributed by atoms with Crippen LogP contribution in [0.5, 0.6) is 17.2 Å². The maximum atomic E-state index is 13.1. The number of para-hydroxylation sites is 1. The Bertz CT molecular complexity index is 1130. The predicted molar refractivity (Wildman–Crippen MR) is 126 cm³/mol. The molecule has 0 fully saturated rings. The zero-order valence-electron chi connectivity index (χ0n) is 19.2. The van der Waals surface area contributed by atoms with E-state index in [9.17, 15) is 13.2 Å². The maximum absolute atomic E-state index is 13.1. The summed E-state index contributed by atoms with van der Waals surface area (Å²) in [4.78, 5) is 13.1. The topological polar surface area (TPSA) is 94.2 Å². The molecule has 1 atom stereocenters. The monoisotopic (exact) mass is 474 g/mol. The molecule has 2 heterocycles. The lowest BCUT2D eigenvalue weighted by molar-refractivity contribution is -0.121. The number of rotatable bonds is 7. The van der Waals surface area contributed by atoms with Gasteiger partial charge < -0.3 is 19.5 Å². The minimum Gasteiger partial charge on any atom is -0.487 e. The van der Waals surface area contributed by atoms with E-state index in [-0.39, 0.29) is 18.2 Å². The van der Waals surface area contributed by atoms with Crippen molar-refractivity contribution in [2.45, 2.75) is 44.8 Å². The van der Waals surface area contributed by atoms with E-state index in [4.69, 9.17) is 14.2 Å². The van der Waals surface area contributed by atoms with Gasteiger partial charge in [0.2, 0.25) is 15.9 Å². The molecule has 0 spiro atoms. The number of sulfonamides is 1. The lowest BCUT2D eigenvalue weighted by Crippen LogP contribution is -2.47. The van der Waals surface area contributed by atoms with Gasteiger partial charge >= 0.3 is 0 Å². The number of nitrogens with zero attached hydrogens (tertiary/aromatic N) is 1. The van der Waals surface area contributed by atoms with Gasteiger partial charge in [-0.05, 0) is 31.0 Å². The van der Waals surface area contributed by atoms with Gasteiger partial charge in [0.15, 0.2) is 11.5 Å². The number of hydrogen-bond acceptors (Lipinski definition) is 6. The molecule has 1 amide bonds. The number of carbonyl (C=O) groups excluding carboxylic acids is 1.